The molecule has 0 radical (unpaired) electrons. The Hall–Kier alpha value is -2.09. The molecule has 0 bridgehead atoms. The van der Waals surface area contributed by atoms with Crippen molar-refractivity contribution < 1.29 is 17.6 Å². The number of furan rings is 1. The van der Waals surface area contributed by atoms with Crippen LogP contribution in [-0.2, 0) is 16.6 Å². The lowest BCUT2D eigenvalue weighted by Crippen LogP contribution is -2.22. The van der Waals surface area contributed by atoms with Crippen LogP contribution in [0.2, 0.25) is 0 Å². The summed E-state index contributed by atoms with van der Waals surface area (Å²) >= 11 is 1.57. The summed E-state index contributed by atoms with van der Waals surface area (Å²) < 4.78 is 38.2. The first-order valence-electron chi connectivity index (χ1n) is 7.43. The largest absolute Gasteiger partial charge is 0.494 e. The minimum atomic E-state index is -3.60. The molecule has 7 heteroatoms. The van der Waals surface area contributed by atoms with Crippen molar-refractivity contribution >= 4 is 21.4 Å². The van der Waals surface area contributed by atoms with Crippen LogP contribution in [0.4, 0.5) is 0 Å². The number of benzene rings is 1. The molecular weight excluding hydrogens is 346 g/mol. The minimum Gasteiger partial charge on any atom is -0.494 e. The highest BCUT2D eigenvalue weighted by molar-refractivity contribution is 7.89. The second-order valence-corrected chi connectivity index (χ2v) is 7.69. The lowest BCUT2D eigenvalue weighted by atomic mass is 10.3. The topological polar surface area (TPSA) is 68.5 Å². The lowest BCUT2D eigenvalue weighted by molar-refractivity contribution is 0.340. The van der Waals surface area contributed by atoms with Gasteiger partial charge in [-0.3, -0.25) is 0 Å². The number of thiophene rings is 1. The Labute approximate surface area is 144 Å². The highest BCUT2D eigenvalue weighted by atomic mass is 32.2. The van der Waals surface area contributed by atoms with E-state index in [1.54, 1.807) is 29.5 Å². The van der Waals surface area contributed by atoms with E-state index in [1.807, 2.05) is 30.5 Å². The molecule has 3 rings (SSSR count). The third-order valence-electron chi connectivity index (χ3n) is 3.31. The van der Waals surface area contributed by atoms with Gasteiger partial charge in [0.05, 0.1) is 22.9 Å². The number of ether oxygens (including phenoxy) is 1. The van der Waals surface area contributed by atoms with E-state index in [9.17, 15) is 8.42 Å². The third-order valence-corrected chi connectivity index (χ3v) is 5.61. The fraction of sp³-hybridized carbons (Fsp3) is 0.176. The van der Waals surface area contributed by atoms with Crippen LogP contribution in [0.25, 0.3) is 10.6 Å². The van der Waals surface area contributed by atoms with Gasteiger partial charge in [0, 0.05) is 0 Å². The van der Waals surface area contributed by atoms with Crippen LogP contribution in [0, 0.1) is 0 Å². The molecule has 0 aliphatic carbocycles. The zero-order valence-corrected chi connectivity index (χ0v) is 14.7. The average Bonchev–Trinajstić information content (AvgIpc) is 3.25. The van der Waals surface area contributed by atoms with Gasteiger partial charge in [0.25, 0.3) is 0 Å². The number of sulfonamides is 1. The molecule has 2 aromatic heterocycles. The van der Waals surface area contributed by atoms with Gasteiger partial charge < -0.3 is 9.15 Å². The van der Waals surface area contributed by atoms with Gasteiger partial charge >= 0.3 is 0 Å². The highest BCUT2D eigenvalue weighted by Gasteiger charge is 2.15. The predicted molar refractivity (Wildman–Crippen MR) is 93.7 cm³/mol. The van der Waals surface area contributed by atoms with Crippen LogP contribution in [-0.4, -0.2) is 15.0 Å². The monoisotopic (exact) mass is 363 g/mol. The van der Waals surface area contributed by atoms with E-state index in [2.05, 4.69) is 4.72 Å². The van der Waals surface area contributed by atoms with E-state index in [1.165, 1.54) is 12.1 Å². The quantitative estimate of drug-likeness (QED) is 0.691. The Morgan fingerprint density at radius 3 is 2.58 bits per heavy atom. The van der Waals surface area contributed by atoms with Crippen molar-refractivity contribution in [3.8, 4) is 16.4 Å². The van der Waals surface area contributed by atoms with E-state index in [0.29, 0.717) is 18.1 Å². The van der Waals surface area contributed by atoms with Crippen LogP contribution in [0.15, 0.2) is 63.2 Å². The Morgan fingerprint density at radius 2 is 1.92 bits per heavy atom. The first-order chi connectivity index (χ1) is 11.6. The van der Waals surface area contributed by atoms with Gasteiger partial charge in [-0.15, -0.1) is 11.3 Å². The molecule has 3 aromatic rings. The van der Waals surface area contributed by atoms with Gasteiger partial charge in [0.1, 0.15) is 17.3 Å². The van der Waals surface area contributed by atoms with Crippen molar-refractivity contribution in [1.29, 1.82) is 0 Å². The van der Waals surface area contributed by atoms with Gasteiger partial charge in [0.2, 0.25) is 10.0 Å². The van der Waals surface area contributed by atoms with Crippen molar-refractivity contribution in [3.05, 3.63) is 59.7 Å². The maximum absolute atomic E-state index is 12.3. The molecule has 0 saturated carbocycles. The van der Waals surface area contributed by atoms with E-state index in [0.717, 1.165) is 10.6 Å². The normalized spacial score (nSPS) is 11.5. The molecule has 0 fully saturated rings. The highest BCUT2D eigenvalue weighted by Crippen LogP contribution is 2.26. The number of hydrogen-bond acceptors (Lipinski definition) is 5. The van der Waals surface area contributed by atoms with E-state index >= 15 is 0 Å². The molecule has 0 saturated heterocycles. The fourth-order valence-electron chi connectivity index (χ4n) is 2.16. The van der Waals surface area contributed by atoms with Gasteiger partial charge in [-0.2, -0.15) is 0 Å². The summed E-state index contributed by atoms with van der Waals surface area (Å²) in [5.41, 5.74) is 0. The maximum Gasteiger partial charge on any atom is 0.240 e. The predicted octanol–water partition coefficient (Wildman–Crippen LogP) is 3.89. The molecular formula is C17H17NO4S2. The third kappa shape index (κ3) is 3.87. The average molecular weight is 363 g/mol. The van der Waals surface area contributed by atoms with Crippen molar-refractivity contribution in [2.24, 2.45) is 0 Å². The van der Waals surface area contributed by atoms with Crippen molar-refractivity contribution in [2.75, 3.05) is 6.61 Å². The molecule has 0 spiro atoms. The summed E-state index contributed by atoms with van der Waals surface area (Å²) in [5.74, 6) is 1.94. The molecule has 126 valence electrons. The Morgan fingerprint density at radius 1 is 1.12 bits per heavy atom. The van der Waals surface area contributed by atoms with Gasteiger partial charge in [-0.1, -0.05) is 6.07 Å². The zero-order valence-electron chi connectivity index (χ0n) is 13.1. The van der Waals surface area contributed by atoms with Crippen LogP contribution >= 0.6 is 11.3 Å². The zero-order chi connectivity index (χ0) is 17.0. The van der Waals surface area contributed by atoms with E-state index in [-0.39, 0.29) is 11.4 Å². The Kier molecular flexibility index (Phi) is 5.03. The maximum atomic E-state index is 12.3. The van der Waals surface area contributed by atoms with Crippen molar-refractivity contribution in [1.82, 2.24) is 4.72 Å². The lowest BCUT2D eigenvalue weighted by Gasteiger charge is -2.07. The van der Waals surface area contributed by atoms with Crippen LogP contribution in [0.1, 0.15) is 12.7 Å². The van der Waals surface area contributed by atoms with E-state index < -0.39 is 10.0 Å². The SMILES string of the molecule is CCOc1ccc(S(=O)(=O)NCc2ccc(-c3cccs3)o2)cc1. The summed E-state index contributed by atoms with van der Waals surface area (Å²) in [6.45, 7) is 2.51. The van der Waals surface area contributed by atoms with Crippen LogP contribution in [0.5, 0.6) is 5.75 Å². The van der Waals surface area contributed by atoms with Crippen molar-refractivity contribution in [3.63, 3.8) is 0 Å². The number of rotatable bonds is 7. The first-order valence-corrected chi connectivity index (χ1v) is 9.80. The Bertz CT molecular complexity index is 881. The molecule has 0 unspecified atom stereocenters. The molecule has 1 aromatic carbocycles. The second kappa shape index (κ2) is 7.21. The Balaban J connectivity index is 1.66. The summed E-state index contributed by atoms with van der Waals surface area (Å²) in [4.78, 5) is 1.20. The standard InChI is InChI=1S/C17H17NO4S2/c1-2-21-13-5-8-15(9-6-13)24(19,20)18-12-14-7-10-16(22-14)17-4-3-11-23-17/h3-11,18H,2,12H2,1H3. The molecule has 0 amide bonds. The first kappa shape index (κ1) is 16.8. The molecule has 0 atom stereocenters. The summed E-state index contributed by atoms with van der Waals surface area (Å²) in [5, 5.41) is 1.96. The van der Waals surface area contributed by atoms with Gasteiger partial charge in [0.15, 0.2) is 0 Å². The molecule has 0 aliphatic heterocycles. The van der Waals surface area contributed by atoms with Crippen molar-refractivity contribution in [2.45, 2.75) is 18.4 Å². The minimum absolute atomic E-state index is 0.0981. The van der Waals surface area contributed by atoms with Gasteiger partial charge in [-0.25, -0.2) is 13.1 Å². The second-order valence-electron chi connectivity index (χ2n) is 4.97. The smallest absolute Gasteiger partial charge is 0.240 e. The van der Waals surface area contributed by atoms with Crippen LogP contribution < -0.4 is 9.46 Å². The molecule has 5 nitrogen and oxygen atoms in total. The summed E-state index contributed by atoms with van der Waals surface area (Å²) in [7, 11) is -3.60. The van der Waals surface area contributed by atoms with Crippen LogP contribution in [0.3, 0.4) is 0 Å². The van der Waals surface area contributed by atoms with E-state index in [4.69, 9.17) is 9.15 Å². The number of hydrogen-bond donors (Lipinski definition) is 1. The summed E-state index contributed by atoms with van der Waals surface area (Å²) in [6.07, 6.45) is 0. The number of nitrogens with one attached hydrogen (secondary N) is 1. The molecule has 2 heterocycles. The van der Waals surface area contributed by atoms with Gasteiger partial charge in [-0.05, 0) is 54.8 Å². The fourth-order valence-corrected chi connectivity index (χ4v) is 3.84. The summed E-state index contributed by atoms with van der Waals surface area (Å²) in [6, 6.07) is 13.8. The molecule has 24 heavy (non-hydrogen) atoms. The molecule has 1 N–H and O–H groups in total. The molecule has 0 aliphatic rings.